The van der Waals surface area contributed by atoms with Crippen molar-refractivity contribution in [1.29, 1.82) is 0 Å². The van der Waals surface area contributed by atoms with Crippen LogP contribution in [0.3, 0.4) is 0 Å². The van der Waals surface area contributed by atoms with Gasteiger partial charge in [-0.15, -0.1) is 22.7 Å². The van der Waals surface area contributed by atoms with Gasteiger partial charge in [-0.2, -0.15) is 0 Å². The predicted octanol–water partition coefficient (Wildman–Crippen LogP) is 2.98. The van der Waals surface area contributed by atoms with Crippen LogP contribution in [0.15, 0.2) is 41.2 Å². The third-order valence-electron chi connectivity index (χ3n) is 3.79. The van der Waals surface area contributed by atoms with Gasteiger partial charge in [0, 0.05) is 41.3 Å². The second kappa shape index (κ2) is 7.22. The van der Waals surface area contributed by atoms with Gasteiger partial charge in [0.1, 0.15) is 5.01 Å². The number of aromatic nitrogens is 2. The molecule has 0 bridgehead atoms. The summed E-state index contributed by atoms with van der Waals surface area (Å²) in [6, 6.07) is 7.45. The van der Waals surface area contributed by atoms with E-state index in [9.17, 15) is 9.59 Å². The summed E-state index contributed by atoms with van der Waals surface area (Å²) in [6.07, 6.45) is 1.92. The monoisotopic (exact) mass is 385 g/mol. The summed E-state index contributed by atoms with van der Waals surface area (Å²) in [5.41, 5.74) is 2.34. The molecular formula is C17H15N5O2S2. The number of thiazole rings is 2. The van der Waals surface area contributed by atoms with Gasteiger partial charge in [-0.3, -0.25) is 9.69 Å². The van der Waals surface area contributed by atoms with Gasteiger partial charge < -0.3 is 10.6 Å². The van der Waals surface area contributed by atoms with E-state index in [-0.39, 0.29) is 18.4 Å². The first kappa shape index (κ1) is 16.7. The first-order valence-electron chi connectivity index (χ1n) is 7.98. The molecule has 0 spiro atoms. The molecule has 3 amide bonds. The van der Waals surface area contributed by atoms with E-state index in [2.05, 4.69) is 20.6 Å². The lowest BCUT2D eigenvalue weighted by Gasteiger charge is -2.08. The molecule has 132 valence electrons. The van der Waals surface area contributed by atoms with E-state index in [1.165, 1.54) is 11.3 Å². The molecule has 4 rings (SSSR count). The Labute approximate surface area is 157 Å². The van der Waals surface area contributed by atoms with Crippen LogP contribution in [0.2, 0.25) is 0 Å². The van der Waals surface area contributed by atoms with Gasteiger partial charge in [-0.05, 0) is 12.1 Å². The molecule has 9 heteroatoms. The van der Waals surface area contributed by atoms with Crippen molar-refractivity contribution in [3.63, 3.8) is 0 Å². The number of carbonyl (C=O) groups is 2. The highest BCUT2D eigenvalue weighted by molar-refractivity contribution is 7.14. The Morgan fingerprint density at radius 3 is 3.04 bits per heavy atom. The van der Waals surface area contributed by atoms with Crippen molar-refractivity contribution < 1.29 is 9.59 Å². The first-order valence-corrected chi connectivity index (χ1v) is 9.74. The van der Waals surface area contributed by atoms with E-state index in [4.69, 9.17) is 0 Å². The Balaban J connectivity index is 1.41. The number of anilines is 2. The summed E-state index contributed by atoms with van der Waals surface area (Å²) in [6.45, 7) is 1.21. The highest BCUT2D eigenvalue weighted by atomic mass is 32.1. The molecule has 2 aromatic heterocycles. The average Bonchev–Trinajstić information content (AvgIpc) is 3.36. The fraction of sp³-hybridized carbons (Fsp3) is 0.176. The molecule has 1 aliphatic rings. The minimum Gasteiger partial charge on any atom is -0.336 e. The quantitative estimate of drug-likeness (QED) is 0.707. The highest BCUT2D eigenvalue weighted by Crippen LogP contribution is 2.25. The molecule has 0 unspecified atom stereocenters. The number of hydrogen-bond donors (Lipinski definition) is 2. The molecule has 3 heterocycles. The van der Waals surface area contributed by atoms with Crippen molar-refractivity contribution in [2.24, 2.45) is 0 Å². The molecule has 0 aliphatic carbocycles. The third kappa shape index (κ3) is 3.58. The van der Waals surface area contributed by atoms with E-state index in [0.717, 1.165) is 16.3 Å². The van der Waals surface area contributed by atoms with Crippen LogP contribution in [-0.2, 0) is 11.2 Å². The fourth-order valence-corrected chi connectivity index (χ4v) is 4.11. The maximum atomic E-state index is 12.3. The van der Waals surface area contributed by atoms with Crippen molar-refractivity contribution in [2.45, 2.75) is 6.42 Å². The van der Waals surface area contributed by atoms with Gasteiger partial charge in [0.05, 0.1) is 12.1 Å². The second-order valence-corrected chi connectivity index (χ2v) is 7.38. The molecule has 1 fully saturated rings. The van der Waals surface area contributed by atoms with Crippen LogP contribution in [0.25, 0.3) is 10.6 Å². The van der Waals surface area contributed by atoms with E-state index >= 15 is 0 Å². The van der Waals surface area contributed by atoms with Crippen LogP contribution < -0.4 is 15.5 Å². The molecule has 1 aliphatic heterocycles. The van der Waals surface area contributed by atoms with Crippen molar-refractivity contribution in [2.75, 3.05) is 23.3 Å². The standard InChI is InChI=1S/C17H15N5O2S2/c23-14(9-13-10-26-17(21-13)22-6-4-19-16(22)24)20-12-3-1-2-11(8-12)15-18-5-7-25-15/h1-3,5,7-8,10H,4,6,9H2,(H,19,24)(H,20,23). The number of nitrogens with zero attached hydrogens (tertiary/aromatic N) is 3. The zero-order chi connectivity index (χ0) is 17.9. The summed E-state index contributed by atoms with van der Waals surface area (Å²) in [5.74, 6) is -0.149. The zero-order valence-electron chi connectivity index (χ0n) is 13.6. The lowest BCUT2D eigenvalue weighted by atomic mass is 10.2. The molecule has 1 saturated heterocycles. The van der Waals surface area contributed by atoms with Gasteiger partial charge in [0.25, 0.3) is 0 Å². The summed E-state index contributed by atoms with van der Waals surface area (Å²) >= 11 is 2.92. The number of benzene rings is 1. The van der Waals surface area contributed by atoms with Gasteiger partial charge in [-0.25, -0.2) is 14.8 Å². The number of urea groups is 1. The second-order valence-electron chi connectivity index (χ2n) is 5.65. The zero-order valence-corrected chi connectivity index (χ0v) is 15.3. The maximum absolute atomic E-state index is 12.3. The molecule has 7 nitrogen and oxygen atoms in total. The minimum absolute atomic E-state index is 0.144. The van der Waals surface area contributed by atoms with Gasteiger partial charge in [-0.1, -0.05) is 12.1 Å². The highest BCUT2D eigenvalue weighted by Gasteiger charge is 2.24. The molecule has 3 aromatic rings. The van der Waals surface area contributed by atoms with Crippen LogP contribution in [0.5, 0.6) is 0 Å². The number of nitrogens with one attached hydrogen (secondary N) is 2. The summed E-state index contributed by atoms with van der Waals surface area (Å²) in [4.78, 5) is 34.3. The molecule has 1 aromatic carbocycles. The SMILES string of the molecule is O=C(Cc1csc(N2CCNC2=O)n1)Nc1cccc(-c2nccs2)c1. The lowest BCUT2D eigenvalue weighted by Crippen LogP contribution is -2.27. The van der Waals surface area contributed by atoms with Crippen LogP contribution in [0, 0.1) is 0 Å². The predicted molar refractivity (Wildman–Crippen MR) is 103 cm³/mol. The summed E-state index contributed by atoms with van der Waals surface area (Å²) < 4.78 is 0. The lowest BCUT2D eigenvalue weighted by molar-refractivity contribution is -0.115. The molecule has 0 atom stereocenters. The topological polar surface area (TPSA) is 87.2 Å². The van der Waals surface area contributed by atoms with Crippen molar-refractivity contribution in [3.05, 3.63) is 46.9 Å². The van der Waals surface area contributed by atoms with E-state index in [1.807, 2.05) is 35.0 Å². The molecular weight excluding hydrogens is 370 g/mol. The average molecular weight is 385 g/mol. The van der Waals surface area contributed by atoms with Crippen LogP contribution in [0.4, 0.5) is 15.6 Å². The normalized spacial score (nSPS) is 13.7. The first-order chi connectivity index (χ1) is 12.7. The summed E-state index contributed by atoms with van der Waals surface area (Å²) in [5, 5.41) is 10.9. The Bertz CT molecular complexity index is 938. The Hall–Kier alpha value is -2.78. The molecule has 0 saturated carbocycles. The number of amides is 3. The smallest absolute Gasteiger partial charge is 0.323 e. The Morgan fingerprint density at radius 2 is 2.27 bits per heavy atom. The van der Waals surface area contributed by atoms with E-state index < -0.39 is 0 Å². The Kier molecular flexibility index (Phi) is 4.63. The molecule has 26 heavy (non-hydrogen) atoms. The number of rotatable bonds is 5. The van der Waals surface area contributed by atoms with Crippen molar-refractivity contribution in [3.8, 4) is 10.6 Å². The summed E-state index contributed by atoms with van der Waals surface area (Å²) in [7, 11) is 0. The van der Waals surface area contributed by atoms with Crippen molar-refractivity contribution in [1.82, 2.24) is 15.3 Å². The van der Waals surface area contributed by atoms with Crippen LogP contribution >= 0.6 is 22.7 Å². The van der Waals surface area contributed by atoms with E-state index in [0.29, 0.717) is 23.9 Å². The van der Waals surface area contributed by atoms with Crippen LogP contribution in [-0.4, -0.2) is 35.0 Å². The molecule has 0 radical (unpaired) electrons. The Morgan fingerprint density at radius 1 is 1.35 bits per heavy atom. The number of carbonyl (C=O) groups excluding carboxylic acids is 2. The van der Waals surface area contributed by atoms with Gasteiger partial charge in [0.15, 0.2) is 5.13 Å². The van der Waals surface area contributed by atoms with Gasteiger partial charge in [0.2, 0.25) is 5.91 Å². The van der Waals surface area contributed by atoms with Gasteiger partial charge >= 0.3 is 6.03 Å². The third-order valence-corrected chi connectivity index (χ3v) is 5.53. The fourth-order valence-electron chi connectivity index (χ4n) is 2.62. The molecule has 2 N–H and O–H groups in total. The largest absolute Gasteiger partial charge is 0.336 e. The maximum Gasteiger partial charge on any atom is 0.323 e. The number of hydrogen-bond acceptors (Lipinski definition) is 6. The van der Waals surface area contributed by atoms with E-state index in [1.54, 1.807) is 22.4 Å². The van der Waals surface area contributed by atoms with Crippen LogP contribution in [0.1, 0.15) is 5.69 Å². The minimum atomic E-state index is -0.149. The van der Waals surface area contributed by atoms with Crippen molar-refractivity contribution >= 4 is 45.4 Å².